The number of benzene rings is 1. The fraction of sp³-hybridized carbons (Fsp3) is 0.333. The number of rotatable bonds is 4. The Morgan fingerprint density at radius 1 is 1.21 bits per heavy atom. The molecular formula is C18H19N3O3. The molecule has 1 aliphatic rings. The van der Waals surface area contributed by atoms with Crippen LogP contribution in [0.1, 0.15) is 29.4 Å². The highest BCUT2D eigenvalue weighted by molar-refractivity contribution is 5.88. The predicted octanol–water partition coefficient (Wildman–Crippen LogP) is 2.25. The molecule has 1 amide bonds. The lowest BCUT2D eigenvalue weighted by molar-refractivity contribution is -0.127. The quantitative estimate of drug-likeness (QED) is 0.932. The van der Waals surface area contributed by atoms with Crippen LogP contribution in [-0.4, -0.2) is 44.9 Å². The molecule has 0 spiro atoms. The minimum Gasteiger partial charge on any atom is -0.478 e. The van der Waals surface area contributed by atoms with Crippen LogP contribution in [-0.2, 0) is 11.2 Å². The van der Waals surface area contributed by atoms with Gasteiger partial charge in [-0.3, -0.25) is 14.8 Å². The van der Waals surface area contributed by atoms with Crippen molar-refractivity contribution in [1.82, 2.24) is 14.9 Å². The van der Waals surface area contributed by atoms with Crippen LogP contribution in [0, 0.1) is 5.92 Å². The maximum absolute atomic E-state index is 11.5. The van der Waals surface area contributed by atoms with Gasteiger partial charge in [-0.2, -0.15) is 0 Å². The summed E-state index contributed by atoms with van der Waals surface area (Å²) in [4.78, 5) is 33.2. The minimum atomic E-state index is -0.948. The van der Waals surface area contributed by atoms with Gasteiger partial charge in [0.1, 0.15) is 0 Å². The number of carboxylic acids is 1. The first-order chi connectivity index (χ1) is 11.5. The third kappa shape index (κ3) is 3.42. The first kappa shape index (κ1) is 16.1. The van der Waals surface area contributed by atoms with Crippen LogP contribution in [0.3, 0.4) is 0 Å². The number of nitrogens with zero attached hydrogens (tertiary/aromatic N) is 3. The van der Waals surface area contributed by atoms with Gasteiger partial charge < -0.3 is 10.0 Å². The average Bonchev–Trinajstić information content (AvgIpc) is 3.04. The van der Waals surface area contributed by atoms with E-state index in [1.54, 1.807) is 43.6 Å². The Hall–Kier alpha value is -2.76. The molecule has 124 valence electrons. The van der Waals surface area contributed by atoms with E-state index in [1.807, 2.05) is 4.90 Å². The average molecular weight is 325 g/mol. The number of amides is 1. The van der Waals surface area contributed by atoms with Crippen LogP contribution in [0.2, 0.25) is 0 Å². The molecule has 0 saturated carbocycles. The molecule has 0 aliphatic carbocycles. The first-order valence-electron chi connectivity index (χ1n) is 7.93. The van der Waals surface area contributed by atoms with Crippen molar-refractivity contribution in [3.8, 4) is 11.3 Å². The van der Waals surface area contributed by atoms with Gasteiger partial charge in [0.05, 0.1) is 17.0 Å². The molecular weight excluding hydrogens is 306 g/mol. The summed E-state index contributed by atoms with van der Waals surface area (Å²) in [5.41, 5.74) is 2.76. The zero-order valence-corrected chi connectivity index (χ0v) is 13.5. The van der Waals surface area contributed by atoms with Crippen LogP contribution in [0.15, 0.2) is 36.7 Å². The molecule has 6 heteroatoms. The third-order valence-electron chi connectivity index (χ3n) is 4.39. The summed E-state index contributed by atoms with van der Waals surface area (Å²) in [6.07, 6.45) is 5.03. The molecule has 1 atom stereocenters. The summed E-state index contributed by atoms with van der Waals surface area (Å²) in [6.45, 7) is 3.15. The fourth-order valence-electron chi connectivity index (χ4n) is 3.09. The second kappa shape index (κ2) is 6.78. The van der Waals surface area contributed by atoms with Crippen LogP contribution in [0.5, 0.6) is 0 Å². The van der Waals surface area contributed by atoms with Gasteiger partial charge in [0, 0.05) is 38.0 Å². The minimum absolute atomic E-state index is 0.112. The van der Waals surface area contributed by atoms with Gasteiger partial charge in [-0.15, -0.1) is 0 Å². The molecule has 24 heavy (non-hydrogen) atoms. The highest BCUT2D eigenvalue weighted by atomic mass is 16.4. The summed E-state index contributed by atoms with van der Waals surface area (Å²) in [5.74, 6) is -0.458. The largest absolute Gasteiger partial charge is 0.478 e. The maximum atomic E-state index is 11.5. The number of hydrogen-bond donors (Lipinski definition) is 1. The lowest BCUT2D eigenvalue weighted by Crippen LogP contribution is -2.26. The Kier molecular flexibility index (Phi) is 4.55. The van der Waals surface area contributed by atoms with Gasteiger partial charge in [-0.25, -0.2) is 4.79 Å². The molecule has 1 saturated heterocycles. The van der Waals surface area contributed by atoms with Crippen LogP contribution in [0.25, 0.3) is 11.3 Å². The van der Waals surface area contributed by atoms with E-state index < -0.39 is 5.97 Å². The molecule has 3 rings (SSSR count). The van der Waals surface area contributed by atoms with Gasteiger partial charge in [0.15, 0.2) is 0 Å². The summed E-state index contributed by atoms with van der Waals surface area (Å²) in [6, 6.07) is 6.66. The first-order valence-corrected chi connectivity index (χ1v) is 7.93. The topological polar surface area (TPSA) is 83.4 Å². The Balaban J connectivity index is 1.81. The van der Waals surface area contributed by atoms with Crippen molar-refractivity contribution in [2.75, 3.05) is 13.1 Å². The molecule has 6 nitrogen and oxygen atoms in total. The second-order valence-electron chi connectivity index (χ2n) is 6.06. The molecule has 1 aliphatic heterocycles. The molecule has 1 aromatic carbocycles. The van der Waals surface area contributed by atoms with Gasteiger partial charge in [0.2, 0.25) is 5.91 Å². The lowest BCUT2D eigenvalue weighted by atomic mass is 9.98. The summed E-state index contributed by atoms with van der Waals surface area (Å²) in [7, 11) is 0. The normalized spacial score (nSPS) is 17.0. The van der Waals surface area contributed by atoms with Gasteiger partial charge in [-0.05, 0) is 30.9 Å². The summed E-state index contributed by atoms with van der Waals surface area (Å²) < 4.78 is 0. The van der Waals surface area contributed by atoms with Crippen molar-refractivity contribution in [3.63, 3.8) is 0 Å². The molecule has 0 bridgehead atoms. The van der Waals surface area contributed by atoms with Crippen molar-refractivity contribution in [2.45, 2.75) is 19.8 Å². The van der Waals surface area contributed by atoms with E-state index in [9.17, 15) is 9.59 Å². The highest BCUT2D eigenvalue weighted by Gasteiger charge is 2.25. The Morgan fingerprint density at radius 2 is 1.92 bits per heavy atom. The Morgan fingerprint density at radius 3 is 2.54 bits per heavy atom. The number of carbonyl (C=O) groups is 2. The molecule has 2 aromatic rings. The van der Waals surface area contributed by atoms with Crippen molar-refractivity contribution in [3.05, 3.63) is 47.9 Å². The van der Waals surface area contributed by atoms with E-state index in [0.717, 1.165) is 42.9 Å². The van der Waals surface area contributed by atoms with Crippen LogP contribution in [0.4, 0.5) is 0 Å². The Bertz CT molecular complexity index is 758. The molecule has 1 fully saturated rings. The molecule has 1 unspecified atom stereocenters. The number of aromatic nitrogens is 2. The Labute approximate surface area is 140 Å². The smallest absolute Gasteiger partial charge is 0.335 e. The van der Waals surface area contributed by atoms with Gasteiger partial charge in [0.25, 0.3) is 0 Å². The third-order valence-corrected chi connectivity index (χ3v) is 4.39. The highest BCUT2D eigenvalue weighted by Crippen LogP contribution is 2.26. The second-order valence-corrected chi connectivity index (χ2v) is 6.06. The van der Waals surface area contributed by atoms with E-state index in [4.69, 9.17) is 5.11 Å². The van der Waals surface area contributed by atoms with Crippen molar-refractivity contribution in [2.24, 2.45) is 5.92 Å². The van der Waals surface area contributed by atoms with Crippen molar-refractivity contribution >= 4 is 11.9 Å². The summed E-state index contributed by atoms with van der Waals surface area (Å²) in [5, 5.41) is 9.00. The lowest BCUT2D eigenvalue weighted by Gasteiger charge is -2.14. The molecule has 2 heterocycles. The van der Waals surface area contributed by atoms with Crippen LogP contribution >= 0.6 is 0 Å². The van der Waals surface area contributed by atoms with E-state index in [-0.39, 0.29) is 11.5 Å². The zero-order chi connectivity index (χ0) is 17.1. The number of carbonyl (C=O) groups excluding carboxylic acids is 1. The van der Waals surface area contributed by atoms with Gasteiger partial charge >= 0.3 is 5.97 Å². The molecule has 1 N–H and O–H groups in total. The predicted molar refractivity (Wildman–Crippen MR) is 88.5 cm³/mol. The van der Waals surface area contributed by atoms with E-state index in [2.05, 4.69) is 9.97 Å². The van der Waals surface area contributed by atoms with Gasteiger partial charge in [-0.1, -0.05) is 12.1 Å². The monoisotopic (exact) mass is 325 g/mol. The summed E-state index contributed by atoms with van der Waals surface area (Å²) >= 11 is 0. The number of carboxylic acid groups (broad SMARTS) is 1. The van der Waals surface area contributed by atoms with E-state index >= 15 is 0 Å². The molecule has 0 radical (unpaired) electrons. The number of hydrogen-bond acceptors (Lipinski definition) is 4. The standard InChI is InChI=1S/C18H19N3O3/c1-12(22)21-9-6-13(11-21)10-16-17(20-8-7-19-16)14-2-4-15(5-3-14)18(23)24/h2-5,7-8,13H,6,9-11H2,1H3,(H,23,24). The molecule has 1 aromatic heterocycles. The zero-order valence-electron chi connectivity index (χ0n) is 13.5. The fourth-order valence-corrected chi connectivity index (χ4v) is 3.09. The van der Waals surface area contributed by atoms with Crippen molar-refractivity contribution < 1.29 is 14.7 Å². The van der Waals surface area contributed by atoms with E-state index in [1.165, 1.54) is 0 Å². The maximum Gasteiger partial charge on any atom is 0.335 e. The van der Waals surface area contributed by atoms with E-state index in [0.29, 0.717) is 5.92 Å². The number of aromatic carboxylic acids is 1. The number of likely N-dealkylation sites (tertiary alicyclic amines) is 1. The SMILES string of the molecule is CC(=O)N1CCC(Cc2nccnc2-c2ccc(C(=O)O)cc2)C1. The van der Waals surface area contributed by atoms with Crippen LogP contribution < -0.4 is 0 Å². The van der Waals surface area contributed by atoms with Crippen molar-refractivity contribution in [1.29, 1.82) is 0 Å².